The fourth-order valence-corrected chi connectivity index (χ4v) is 8.25. The molecule has 3 N–H and O–H groups in total. The number of aryl methyl sites for hydroxylation is 1. The highest BCUT2D eigenvalue weighted by molar-refractivity contribution is 8.00. The molecule has 34 heavy (non-hydrogen) atoms. The van der Waals surface area contributed by atoms with Gasteiger partial charge in [0.1, 0.15) is 16.3 Å². The van der Waals surface area contributed by atoms with Gasteiger partial charge in [-0.1, -0.05) is 23.2 Å². The normalized spacial score (nSPS) is 14.1. The van der Waals surface area contributed by atoms with Crippen LogP contribution in [0.4, 0.5) is 0 Å². The average molecular weight is 559 g/mol. The maximum absolute atomic E-state index is 13.5. The molecule has 0 saturated carbocycles. The van der Waals surface area contributed by atoms with Crippen LogP contribution < -0.4 is 5.73 Å². The van der Waals surface area contributed by atoms with Gasteiger partial charge in [-0.25, -0.2) is 8.42 Å². The average Bonchev–Trinajstić information content (AvgIpc) is 3.26. The molecule has 2 amide bonds. The molecule has 1 aliphatic rings. The zero-order valence-electron chi connectivity index (χ0n) is 18.3. The van der Waals surface area contributed by atoms with Crippen molar-refractivity contribution in [2.75, 3.05) is 12.8 Å². The number of aromatic amines is 1. The second kappa shape index (κ2) is 9.58. The Morgan fingerprint density at radius 3 is 2.44 bits per heavy atom. The molecule has 0 fully saturated rings. The van der Waals surface area contributed by atoms with Crippen LogP contribution in [0.2, 0.25) is 10.0 Å². The van der Waals surface area contributed by atoms with Crippen molar-refractivity contribution in [3.63, 3.8) is 0 Å². The topological polar surface area (TPSA) is 113 Å². The number of hydrogen-bond donors (Lipinski definition) is 2. The van der Waals surface area contributed by atoms with Crippen molar-refractivity contribution < 1.29 is 18.0 Å². The summed E-state index contributed by atoms with van der Waals surface area (Å²) in [5, 5.41) is 0.244. The second-order valence-corrected chi connectivity index (χ2v) is 12.9. The number of nitrogens with one attached hydrogen (secondary N) is 1. The van der Waals surface area contributed by atoms with Crippen molar-refractivity contribution in [1.82, 2.24) is 9.88 Å². The Morgan fingerprint density at radius 1 is 1.15 bits per heavy atom. The summed E-state index contributed by atoms with van der Waals surface area (Å²) >= 11 is 15.4. The second-order valence-electron chi connectivity index (χ2n) is 7.85. The highest BCUT2D eigenvalue weighted by atomic mass is 35.5. The van der Waals surface area contributed by atoms with Crippen molar-refractivity contribution in [3.05, 3.63) is 61.7 Å². The predicted molar refractivity (Wildman–Crippen MR) is 135 cm³/mol. The number of benzene rings is 1. The molecule has 0 unspecified atom stereocenters. The summed E-state index contributed by atoms with van der Waals surface area (Å²) in [4.78, 5) is 30.8. The third kappa shape index (κ3) is 4.61. The molecule has 4 rings (SSSR count). The minimum Gasteiger partial charge on any atom is -0.364 e. The fourth-order valence-electron chi connectivity index (χ4n) is 4.03. The van der Waals surface area contributed by atoms with E-state index in [1.54, 1.807) is 28.0 Å². The molecular formula is C22H21Cl2N3O4S3. The molecule has 0 radical (unpaired) electrons. The summed E-state index contributed by atoms with van der Waals surface area (Å²) in [5.41, 5.74) is 6.37. The maximum atomic E-state index is 13.5. The van der Waals surface area contributed by atoms with Crippen LogP contribution in [-0.2, 0) is 22.8 Å². The van der Waals surface area contributed by atoms with Gasteiger partial charge in [-0.2, -0.15) is 0 Å². The fraction of sp³-hybridized carbons (Fsp3) is 0.273. The van der Waals surface area contributed by atoms with Crippen molar-refractivity contribution in [1.29, 1.82) is 0 Å². The van der Waals surface area contributed by atoms with Gasteiger partial charge < -0.3 is 15.6 Å². The number of fused-ring (bicyclic) bond motifs is 1. The van der Waals surface area contributed by atoms with Crippen LogP contribution in [0.25, 0.3) is 0 Å². The quantitative estimate of drug-likeness (QED) is 0.431. The van der Waals surface area contributed by atoms with Crippen molar-refractivity contribution in [2.45, 2.75) is 40.3 Å². The summed E-state index contributed by atoms with van der Waals surface area (Å²) in [7, 11) is -4.26. The number of nitrogens with two attached hydrogens (primary N) is 1. The molecular weight excluding hydrogens is 537 g/mol. The monoisotopic (exact) mass is 557 g/mol. The SMILES string of the molecule is CSc1cc2c(s1)CCCN(C(=O)c1[nH]c(C(N)=O)c(S(=O)(=O)c3cc(Cl)cc(Cl)c3)c1C)C2. The van der Waals surface area contributed by atoms with Gasteiger partial charge in [0.25, 0.3) is 11.8 Å². The molecule has 2 aromatic heterocycles. The maximum Gasteiger partial charge on any atom is 0.270 e. The van der Waals surface area contributed by atoms with Gasteiger partial charge in [0.15, 0.2) is 0 Å². The summed E-state index contributed by atoms with van der Waals surface area (Å²) in [5.74, 6) is -1.38. The van der Waals surface area contributed by atoms with Crippen LogP contribution >= 0.6 is 46.3 Å². The Hall–Kier alpha value is -1.98. The van der Waals surface area contributed by atoms with E-state index in [9.17, 15) is 18.0 Å². The number of H-pyrrole nitrogens is 1. The van der Waals surface area contributed by atoms with Crippen molar-refractivity contribution in [3.8, 4) is 0 Å². The van der Waals surface area contributed by atoms with E-state index in [1.165, 1.54) is 34.2 Å². The van der Waals surface area contributed by atoms with Crippen LogP contribution in [-0.4, -0.2) is 42.9 Å². The van der Waals surface area contributed by atoms with Gasteiger partial charge >= 0.3 is 0 Å². The molecule has 1 aromatic carbocycles. The van der Waals surface area contributed by atoms with Gasteiger partial charge in [-0.15, -0.1) is 23.1 Å². The van der Waals surface area contributed by atoms with E-state index < -0.39 is 21.7 Å². The molecule has 7 nitrogen and oxygen atoms in total. The third-order valence-corrected chi connectivity index (χ3v) is 10.3. The first kappa shape index (κ1) is 25.1. The minimum absolute atomic E-state index is 0.0178. The molecule has 1 aliphatic heterocycles. The smallest absolute Gasteiger partial charge is 0.270 e. The molecule has 12 heteroatoms. The number of amides is 2. The zero-order valence-corrected chi connectivity index (χ0v) is 22.2. The number of hydrogen-bond acceptors (Lipinski definition) is 6. The summed E-state index contributed by atoms with van der Waals surface area (Å²) in [6, 6.07) is 5.96. The van der Waals surface area contributed by atoms with Crippen LogP contribution in [0.3, 0.4) is 0 Å². The lowest BCUT2D eigenvalue weighted by Gasteiger charge is -2.20. The number of thioether (sulfide) groups is 1. The number of sulfone groups is 1. The molecule has 0 spiro atoms. The Bertz CT molecular complexity index is 1390. The van der Waals surface area contributed by atoms with Gasteiger partial charge in [-0.3, -0.25) is 9.59 Å². The van der Waals surface area contributed by atoms with E-state index in [2.05, 4.69) is 11.1 Å². The van der Waals surface area contributed by atoms with E-state index in [0.717, 1.165) is 18.4 Å². The van der Waals surface area contributed by atoms with Gasteiger partial charge in [0.2, 0.25) is 9.84 Å². The minimum atomic E-state index is -4.26. The van der Waals surface area contributed by atoms with E-state index >= 15 is 0 Å². The molecule has 0 atom stereocenters. The summed E-state index contributed by atoms with van der Waals surface area (Å²) < 4.78 is 28.1. The first-order valence-electron chi connectivity index (χ1n) is 10.2. The molecule has 3 heterocycles. The lowest BCUT2D eigenvalue weighted by atomic mass is 10.2. The van der Waals surface area contributed by atoms with Crippen molar-refractivity contribution >= 4 is 68.0 Å². The Balaban J connectivity index is 1.77. The van der Waals surface area contributed by atoms with Crippen LogP contribution in [0.15, 0.2) is 38.3 Å². The number of halogens is 2. The van der Waals surface area contributed by atoms with E-state index in [0.29, 0.717) is 13.1 Å². The van der Waals surface area contributed by atoms with E-state index in [-0.39, 0.29) is 36.8 Å². The number of carbonyl (C=O) groups excluding carboxylic acids is 2. The Kier molecular flexibility index (Phi) is 7.08. The van der Waals surface area contributed by atoms with Gasteiger partial charge in [-0.05, 0) is 61.4 Å². The standard InChI is InChI=1S/C22H21Cl2N3O4S3/c1-11-18(22(29)27-5-3-4-16-12(10-27)6-17(32-2)33-16)26-19(21(25)28)20(11)34(30,31)15-8-13(23)7-14(24)9-15/h6-9,26H,3-5,10H2,1-2H3,(H2,25,28). The molecule has 0 saturated heterocycles. The van der Waals surface area contributed by atoms with E-state index in [1.807, 2.05) is 6.26 Å². The van der Waals surface area contributed by atoms with Gasteiger partial charge in [0.05, 0.1) is 9.10 Å². The number of rotatable bonds is 5. The zero-order chi connectivity index (χ0) is 24.8. The summed E-state index contributed by atoms with van der Waals surface area (Å²) in [6.45, 7) is 2.39. The summed E-state index contributed by atoms with van der Waals surface area (Å²) in [6.07, 6.45) is 3.66. The molecule has 0 aliphatic carbocycles. The number of carbonyl (C=O) groups is 2. The van der Waals surface area contributed by atoms with Crippen LogP contribution in [0.5, 0.6) is 0 Å². The van der Waals surface area contributed by atoms with Gasteiger partial charge in [0, 0.05) is 28.0 Å². The van der Waals surface area contributed by atoms with Crippen LogP contribution in [0.1, 0.15) is 43.4 Å². The first-order chi connectivity index (χ1) is 16.0. The number of aromatic nitrogens is 1. The van der Waals surface area contributed by atoms with E-state index in [4.69, 9.17) is 28.9 Å². The Morgan fingerprint density at radius 2 is 1.82 bits per heavy atom. The highest BCUT2D eigenvalue weighted by Gasteiger charge is 2.34. The van der Waals surface area contributed by atoms with Crippen LogP contribution in [0, 0.1) is 6.92 Å². The lowest BCUT2D eigenvalue weighted by molar-refractivity contribution is 0.0739. The predicted octanol–water partition coefficient (Wildman–Crippen LogP) is 4.93. The largest absolute Gasteiger partial charge is 0.364 e. The Labute approximate surface area is 215 Å². The molecule has 3 aromatic rings. The lowest BCUT2D eigenvalue weighted by Crippen LogP contribution is -2.31. The highest BCUT2D eigenvalue weighted by Crippen LogP contribution is 2.35. The number of nitrogens with zero attached hydrogens (tertiary/aromatic N) is 1. The molecule has 0 bridgehead atoms. The molecule has 180 valence electrons. The first-order valence-corrected chi connectivity index (χ1v) is 14.5. The van der Waals surface area contributed by atoms with Crippen molar-refractivity contribution in [2.24, 2.45) is 5.73 Å². The number of thiophene rings is 1. The number of primary amides is 1. The third-order valence-electron chi connectivity index (χ3n) is 5.62.